The van der Waals surface area contributed by atoms with Crippen LogP contribution in [0.15, 0.2) is 54.6 Å². The van der Waals surface area contributed by atoms with Gasteiger partial charge >= 0.3 is 0 Å². The summed E-state index contributed by atoms with van der Waals surface area (Å²) >= 11 is 0. The van der Waals surface area contributed by atoms with Crippen molar-refractivity contribution >= 4 is 29.9 Å². The molecule has 2 atom stereocenters. The highest BCUT2D eigenvalue weighted by Gasteiger charge is 2.31. The van der Waals surface area contributed by atoms with Gasteiger partial charge in [0.05, 0.1) is 6.04 Å². The molecule has 4 rings (SSSR count). The van der Waals surface area contributed by atoms with Gasteiger partial charge in [0.25, 0.3) is 0 Å². The van der Waals surface area contributed by atoms with Crippen LogP contribution in [0.5, 0.6) is 11.5 Å². The highest BCUT2D eigenvalue weighted by Crippen LogP contribution is 2.27. The molecule has 0 aliphatic carbocycles. The van der Waals surface area contributed by atoms with Crippen molar-refractivity contribution in [2.75, 3.05) is 24.5 Å². The Balaban J connectivity index is 0.00000256. The lowest BCUT2D eigenvalue weighted by Crippen LogP contribution is -2.37. The Labute approximate surface area is 183 Å². The van der Waals surface area contributed by atoms with Gasteiger partial charge in [0.15, 0.2) is 0 Å². The van der Waals surface area contributed by atoms with Crippen molar-refractivity contribution in [1.29, 1.82) is 0 Å². The lowest BCUT2D eigenvalue weighted by Gasteiger charge is -2.18. The van der Waals surface area contributed by atoms with E-state index in [0.717, 1.165) is 43.1 Å². The lowest BCUT2D eigenvalue weighted by atomic mass is 10.0. The van der Waals surface area contributed by atoms with E-state index in [9.17, 15) is 9.59 Å². The number of nitrogens with zero attached hydrogens (tertiary/aromatic N) is 1. The molecule has 2 N–H and O–H groups in total. The standard InChI is InChI=1S/C23H27N3O3.ClH/c27-22(11-6-17-12-13-24-15-17)25-18-14-23(28)26(16-18)19-7-9-21(10-8-19)29-20-4-2-1-3-5-20;/h1-5,7-10,17-18,24H,6,11-16H2,(H,25,27);1H. The van der Waals surface area contributed by atoms with Crippen LogP contribution >= 0.6 is 12.4 Å². The van der Waals surface area contributed by atoms with E-state index in [2.05, 4.69) is 10.6 Å². The monoisotopic (exact) mass is 429 g/mol. The summed E-state index contributed by atoms with van der Waals surface area (Å²) in [6.45, 7) is 2.56. The molecule has 30 heavy (non-hydrogen) atoms. The zero-order chi connectivity index (χ0) is 20.1. The summed E-state index contributed by atoms with van der Waals surface area (Å²) in [5.41, 5.74) is 0.823. The third kappa shape index (κ3) is 5.74. The first kappa shape index (κ1) is 22.1. The first-order valence-electron chi connectivity index (χ1n) is 10.3. The molecule has 2 heterocycles. The van der Waals surface area contributed by atoms with Crippen molar-refractivity contribution < 1.29 is 14.3 Å². The van der Waals surface area contributed by atoms with Crippen molar-refractivity contribution in [3.05, 3.63) is 54.6 Å². The Kier molecular flexibility index (Phi) is 7.71. The van der Waals surface area contributed by atoms with E-state index in [0.29, 0.717) is 25.3 Å². The van der Waals surface area contributed by atoms with Gasteiger partial charge < -0.3 is 20.3 Å². The summed E-state index contributed by atoms with van der Waals surface area (Å²) in [7, 11) is 0. The molecule has 2 unspecified atom stereocenters. The van der Waals surface area contributed by atoms with Crippen LogP contribution in [0.2, 0.25) is 0 Å². The Morgan fingerprint density at radius 1 is 1.10 bits per heavy atom. The van der Waals surface area contributed by atoms with E-state index in [1.807, 2.05) is 54.6 Å². The molecule has 160 valence electrons. The van der Waals surface area contributed by atoms with Crippen LogP contribution in [0.25, 0.3) is 0 Å². The maximum atomic E-state index is 12.4. The normalized spacial score (nSPS) is 20.7. The fourth-order valence-electron chi connectivity index (χ4n) is 3.97. The quantitative estimate of drug-likeness (QED) is 0.706. The van der Waals surface area contributed by atoms with Crippen LogP contribution in [0.3, 0.4) is 0 Å². The molecule has 0 spiro atoms. The van der Waals surface area contributed by atoms with Gasteiger partial charge in [-0.15, -0.1) is 12.4 Å². The molecule has 2 aromatic rings. The van der Waals surface area contributed by atoms with Crippen LogP contribution in [-0.2, 0) is 9.59 Å². The minimum atomic E-state index is -0.128. The molecule has 0 saturated carbocycles. The Bertz CT molecular complexity index is 839. The number of carbonyl (C=O) groups is 2. The number of para-hydroxylation sites is 1. The first-order chi connectivity index (χ1) is 14.2. The van der Waals surface area contributed by atoms with Gasteiger partial charge in [0.2, 0.25) is 11.8 Å². The number of carbonyl (C=O) groups excluding carboxylic acids is 2. The van der Waals surface area contributed by atoms with Gasteiger partial charge in [-0.05, 0) is 68.2 Å². The molecule has 2 aromatic carbocycles. The molecule has 0 aromatic heterocycles. The Hall–Kier alpha value is -2.57. The molecular weight excluding hydrogens is 402 g/mol. The molecule has 2 aliphatic heterocycles. The van der Waals surface area contributed by atoms with E-state index < -0.39 is 0 Å². The lowest BCUT2D eigenvalue weighted by molar-refractivity contribution is -0.122. The van der Waals surface area contributed by atoms with Crippen molar-refractivity contribution in [1.82, 2.24) is 10.6 Å². The minimum absolute atomic E-state index is 0. The van der Waals surface area contributed by atoms with Gasteiger partial charge in [-0.25, -0.2) is 0 Å². The number of anilines is 1. The van der Waals surface area contributed by atoms with E-state index in [-0.39, 0.29) is 30.3 Å². The molecule has 0 bridgehead atoms. The third-order valence-corrected chi connectivity index (χ3v) is 5.56. The van der Waals surface area contributed by atoms with E-state index in [4.69, 9.17) is 4.74 Å². The van der Waals surface area contributed by atoms with Crippen LogP contribution < -0.4 is 20.3 Å². The van der Waals surface area contributed by atoms with Gasteiger partial charge in [-0.3, -0.25) is 9.59 Å². The topological polar surface area (TPSA) is 70.7 Å². The van der Waals surface area contributed by atoms with Crippen molar-refractivity contribution in [3.8, 4) is 11.5 Å². The molecule has 7 heteroatoms. The molecule has 6 nitrogen and oxygen atoms in total. The Morgan fingerprint density at radius 2 is 1.83 bits per heavy atom. The average molecular weight is 430 g/mol. The highest BCUT2D eigenvalue weighted by atomic mass is 35.5. The average Bonchev–Trinajstić information content (AvgIpc) is 3.37. The predicted octanol–water partition coefficient (Wildman–Crippen LogP) is 3.51. The smallest absolute Gasteiger partial charge is 0.229 e. The molecule has 0 radical (unpaired) electrons. The van der Waals surface area contributed by atoms with Gasteiger partial charge in [-0.1, -0.05) is 18.2 Å². The molecular formula is C23H28ClN3O3. The molecule has 2 fully saturated rings. The second kappa shape index (κ2) is 10.5. The molecule has 2 amide bonds. The minimum Gasteiger partial charge on any atom is -0.457 e. The summed E-state index contributed by atoms with van der Waals surface area (Å²) < 4.78 is 5.80. The zero-order valence-corrected chi connectivity index (χ0v) is 17.7. The number of ether oxygens (including phenoxy) is 1. The summed E-state index contributed by atoms with van der Waals surface area (Å²) in [4.78, 5) is 26.4. The summed E-state index contributed by atoms with van der Waals surface area (Å²) in [6.07, 6.45) is 2.93. The maximum Gasteiger partial charge on any atom is 0.229 e. The SMILES string of the molecule is Cl.O=C(CCC1CCNC1)NC1CC(=O)N(c2ccc(Oc3ccccc3)cc2)C1. The number of amides is 2. The van der Waals surface area contributed by atoms with Gasteiger partial charge in [0, 0.05) is 25.1 Å². The second-order valence-corrected chi connectivity index (χ2v) is 7.78. The number of benzene rings is 2. The van der Waals surface area contributed by atoms with Crippen molar-refractivity contribution in [2.24, 2.45) is 5.92 Å². The summed E-state index contributed by atoms with van der Waals surface area (Å²) in [6, 6.07) is 16.9. The van der Waals surface area contributed by atoms with Crippen LogP contribution in [0.1, 0.15) is 25.7 Å². The van der Waals surface area contributed by atoms with Crippen LogP contribution in [0.4, 0.5) is 5.69 Å². The number of halogens is 1. The number of hydrogen-bond donors (Lipinski definition) is 2. The Morgan fingerprint density at radius 3 is 2.53 bits per heavy atom. The number of rotatable bonds is 7. The maximum absolute atomic E-state index is 12.4. The van der Waals surface area contributed by atoms with Gasteiger partial charge in [0.1, 0.15) is 11.5 Å². The van der Waals surface area contributed by atoms with Crippen LogP contribution in [0, 0.1) is 5.92 Å². The van der Waals surface area contributed by atoms with Crippen molar-refractivity contribution in [2.45, 2.75) is 31.7 Å². The first-order valence-corrected chi connectivity index (χ1v) is 10.3. The van der Waals surface area contributed by atoms with E-state index in [1.165, 1.54) is 0 Å². The zero-order valence-electron chi connectivity index (χ0n) is 16.9. The van der Waals surface area contributed by atoms with E-state index in [1.54, 1.807) is 4.90 Å². The van der Waals surface area contributed by atoms with Crippen LogP contribution in [-0.4, -0.2) is 37.5 Å². The second-order valence-electron chi connectivity index (χ2n) is 7.78. The fourth-order valence-corrected chi connectivity index (χ4v) is 3.97. The number of hydrogen-bond acceptors (Lipinski definition) is 4. The van der Waals surface area contributed by atoms with E-state index >= 15 is 0 Å². The highest BCUT2D eigenvalue weighted by molar-refractivity contribution is 5.96. The summed E-state index contributed by atoms with van der Waals surface area (Å²) in [5.74, 6) is 2.17. The number of nitrogens with one attached hydrogen (secondary N) is 2. The largest absolute Gasteiger partial charge is 0.457 e. The molecule has 2 saturated heterocycles. The van der Waals surface area contributed by atoms with Crippen molar-refractivity contribution in [3.63, 3.8) is 0 Å². The molecule has 2 aliphatic rings. The fraction of sp³-hybridized carbons (Fsp3) is 0.391. The van der Waals surface area contributed by atoms with Gasteiger partial charge in [-0.2, -0.15) is 0 Å². The predicted molar refractivity (Wildman–Crippen MR) is 119 cm³/mol. The summed E-state index contributed by atoms with van der Waals surface area (Å²) in [5, 5.41) is 6.35. The third-order valence-electron chi connectivity index (χ3n) is 5.56.